The van der Waals surface area contributed by atoms with Gasteiger partial charge in [0.1, 0.15) is 0 Å². The lowest BCUT2D eigenvalue weighted by Gasteiger charge is -1.60. The summed E-state index contributed by atoms with van der Waals surface area (Å²) in [5.41, 5.74) is 0. The van der Waals surface area contributed by atoms with Gasteiger partial charge in [0.15, 0.2) is 0 Å². The molecule has 0 aliphatic carbocycles. The highest BCUT2D eigenvalue weighted by Crippen LogP contribution is 1.46. The molecular formula is C4H7NO2. The van der Waals surface area contributed by atoms with Crippen LogP contribution < -0.4 is 0 Å². The Balaban J connectivity index is 0. The van der Waals surface area contributed by atoms with Crippen molar-refractivity contribution in [2.45, 2.75) is 0 Å². The monoisotopic (exact) mass is 101 g/mol. The van der Waals surface area contributed by atoms with Crippen LogP contribution in [0.4, 0.5) is 0 Å². The van der Waals surface area contributed by atoms with E-state index in [9.17, 15) is 0 Å². The standard InChI is InChI=1S/C3H6O.CHNO/c1-2-3-4;2-1-3/h2,4H,1,3H2;2H. The Morgan fingerprint density at radius 1 is 2.00 bits per heavy atom. The van der Waals surface area contributed by atoms with Gasteiger partial charge in [0.2, 0.25) is 6.08 Å². The van der Waals surface area contributed by atoms with Gasteiger partial charge in [-0.3, -0.25) is 0 Å². The van der Waals surface area contributed by atoms with Crippen LogP contribution in [-0.2, 0) is 4.79 Å². The minimum Gasteiger partial charge on any atom is -0.392 e. The second-order valence-corrected chi connectivity index (χ2v) is 0.573. The first-order valence-corrected chi connectivity index (χ1v) is 1.59. The number of carbonyl (C=O) groups excluding carboxylic acids is 1. The maximum absolute atomic E-state index is 8.35. The van der Waals surface area contributed by atoms with E-state index >= 15 is 0 Å². The summed E-state index contributed by atoms with van der Waals surface area (Å²) < 4.78 is 0. The first-order chi connectivity index (χ1) is 3.33. The number of hydrogen-bond donors (Lipinski definition) is 2. The van der Waals surface area contributed by atoms with Gasteiger partial charge in [0.05, 0.1) is 6.61 Å². The van der Waals surface area contributed by atoms with Crippen molar-refractivity contribution in [3.05, 3.63) is 12.7 Å². The molecule has 0 fully saturated rings. The number of nitrogens with one attached hydrogen (secondary N) is 1. The Morgan fingerprint density at radius 3 is 2.14 bits per heavy atom. The molecule has 0 rings (SSSR count). The van der Waals surface area contributed by atoms with Gasteiger partial charge in [-0.15, -0.1) is 6.58 Å². The van der Waals surface area contributed by atoms with Crippen LogP contribution in [0.3, 0.4) is 0 Å². The molecule has 0 aromatic carbocycles. The minimum atomic E-state index is 0.0833. The van der Waals surface area contributed by atoms with E-state index in [1.54, 1.807) is 0 Å². The molecule has 0 aromatic heterocycles. The zero-order valence-electron chi connectivity index (χ0n) is 3.85. The van der Waals surface area contributed by atoms with Crippen LogP contribution in [0.2, 0.25) is 0 Å². The van der Waals surface area contributed by atoms with E-state index in [1.807, 2.05) is 0 Å². The number of rotatable bonds is 1. The lowest BCUT2D eigenvalue weighted by Crippen LogP contribution is -1.62. The van der Waals surface area contributed by atoms with Crippen molar-refractivity contribution in [2.24, 2.45) is 0 Å². The highest BCUT2D eigenvalue weighted by atomic mass is 16.2. The molecule has 0 aliphatic heterocycles. The van der Waals surface area contributed by atoms with Crippen molar-refractivity contribution >= 4 is 6.08 Å². The maximum Gasteiger partial charge on any atom is 0.231 e. The molecule has 0 saturated heterocycles. The predicted molar refractivity (Wildman–Crippen MR) is 25.7 cm³/mol. The third-order valence-electron chi connectivity index (χ3n) is 0.129. The highest BCUT2D eigenvalue weighted by Gasteiger charge is 1.45. The highest BCUT2D eigenvalue weighted by molar-refractivity contribution is 5.26. The first kappa shape index (κ1) is 9.43. The van der Waals surface area contributed by atoms with E-state index in [2.05, 4.69) is 6.58 Å². The summed E-state index contributed by atoms with van der Waals surface area (Å²) in [5, 5.41) is 13.2. The molecule has 0 spiro atoms. The normalized spacial score (nSPS) is 4.71. The summed E-state index contributed by atoms with van der Waals surface area (Å²) in [6, 6.07) is 0. The number of hydrogen-bond acceptors (Lipinski definition) is 3. The summed E-state index contributed by atoms with van der Waals surface area (Å²) >= 11 is 0. The van der Waals surface area contributed by atoms with Crippen LogP contribution in [-0.4, -0.2) is 17.8 Å². The molecule has 0 aromatic rings. The molecule has 40 valence electrons. The van der Waals surface area contributed by atoms with Crippen LogP contribution in [0.1, 0.15) is 0 Å². The molecule has 0 amide bonds. The van der Waals surface area contributed by atoms with Gasteiger partial charge >= 0.3 is 0 Å². The Bertz CT molecular complexity index is 64.1. The number of aliphatic hydroxyl groups excluding tert-OH is 1. The third-order valence-corrected chi connectivity index (χ3v) is 0.129. The Labute approximate surface area is 41.8 Å². The molecule has 0 atom stereocenters. The second kappa shape index (κ2) is 19.5. The van der Waals surface area contributed by atoms with E-state index in [1.165, 1.54) is 6.08 Å². The first-order valence-electron chi connectivity index (χ1n) is 1.59. The van der Waals surface area contributed by atoms with E-state index in [-0.39, 0.29) is 6.61 Å². The van der Waals surface area contributed by atoms with Gasteiger partial charge in [-0.25, -0.2) is 10.2 Å². The average Bonchev–Trinajstić information content (AvgIpc) is 1.69. The fourth-order valence-corrected chi connectivity index (χ4v) is 0. The van der Waals surface area contributed by atoms with Crippen LogP contribution in [0.5, 0.6) is 0 Å². The van der Waals surface area contributed by atoms with Crippen LogP contribution in [0.25, 0.3) is 0 Å². The van der Waals surface area contributed by atoms with E-state index < -0.39 is 0 Å². The summed E-state index contributed by atoms with van der Waals surface area (Å²) in [5.74, 6) is 0. The van der Waals surface area contributed by atoms with Gasteiger partial charge in [-0.05, 0) is 0 Å². The Morgan fingerprint density at radius 2 is 2.14 bits per heavy atom. The molecule has 0 bridgehead atoms. The lowest BCUT2D eigenvalue weighted by molar-refractivity contribution is 0.343. The number of aliphatic hydroxyl groups is 1. The quantitative estimate of drug-likeness (QED) is 0.279. The topological polar surface area (TPSA) is 61.1 Å². The zero-order valence-corrected chi connectivity index (χ0v) is 3.85. The summed E-state index contributed by atoms with van der Waals surface area (Å²) in [7, 11) is 0. The number of isocyanates is 1. The molecule has 0 heterocycles. The molecule has 3 heteroatoms. The van der Waals surface area contributed by atoms with Crippen molar-refractivity contribution in [2.75, 3.05) is 6.61 Å². The smallest absolute Gasteiger partial charge is 0.231 e. The van der Waals surface area contributed by atoms with Gasteiger partial charge in [0.25, 0.3) is 0 Å². The van der Waals surface area contributed by atoms with E-state index in [4.69, 9.17) is 15.3 Å². The fourth-order valence-electron chi connectivity index (χ4n) is 0. The lowest BCUT2D eigenvalue weighted by atomic mass is 10.7. The summed E-state index contributed by atoms with van der Waals surface area (Å²) in [4.78, 5) is 8.35. The molecule has 0 aliphatic rings. The van der Waals surface area contributed by atoms with E-state index in [0.29, 0.717) is 0 Å². The third kappa shape index (κ3) is 7530. The molecule has 0 radical (unpaired) electrons. The molecule has 0 saturated carbocycles. The average molecular weight is 101 g/mol. The SMILES string of the molecule is C=CCO.N=C=O. The van der Waals surface area contributed by atoms with Crippen LogP contribution >= 0.6 is 0 Å². The summed E-state index contributed by atoms with van der Waals surface area (Å²) in [6.45, 7) is 3.31. The van der Waals surface area contributed by atoms with Gasteiger partial charge < -0.3 is 5.11 Å². The zero-order chi connectivity index (χ0) is 6.12. The van der Waals surface area contributed by atoms with Crippen molar-refractivity contribution < 1.29 is 9.90 Å². The molecule has 7 heavy (non-hydrogen) atoms. The molecule has 3 nitrogen and oxygen atoms in total. The Hall–Kier alpha value is -0.920. The van der Waals surface area contributed by atoms with Crippen LogP contribution in [0, 0.1) is 5.41 Å². The molecular weight excluding hydrogens is 94.0 g/mol. The van der Waals surface area contributed by atoms with Crippen LogP contribution in [0.15, 0.2) is 12.7 Å². The van der Waals surface area contributed by atoms with E-state index in [0.717, 1.165) is 6.08 Å². The Kier molecular flexibility index (Phi) is 26.3. The van der Waals surface area contributed by atoms with Crippen molar-refractivity contribution in [1.29, 1.82) is 5.41 Å². The minimum absolute atomic E-state index is 0.0833. The van der Waals surface area contributed by atoms with Crippen molar-refractivity contribution in [3.8, 4) is 0 Å². The van der Waals surface area contributed by atoms with Crippen molar-refractivity contribution in [1.82, 2.24) is 0 Å². The molecule has 2 N–H and O–H groups in total. The maximum atomic E-state index is 8.35. The largest absolute Gasteiger partial charge is 0.392 e. The molecule has 0 unspecified atom stereocenters. The fraction of sp³-hybridized carbons (Fsp3) is 0.250. The van der Waals surface area contributed by atoms with Crippen molar-refractivity contribution in [3.63, 3.8) is 0 Å². The van der Waals surface area contributed by atoms with Gasteiger partial charge in [-0.2, -0.15) is 0 Å². The summed E-state index contributed by atoms with van der Waals surface area (Å²) in [6.07, 6.45) is 2.18. The van der Waals surface area contributed by atoms with Gasteiger partial charge in [-0.1, -0.05) is 6.08 Å². The second-order valence-electron chi connectivity index (χ2n) is 0.573. The van der Waals surface area contributed by atoms with Gasteiger partial charge in [0, 0.05) is 0 Å². The predicted octanol–water partition coefficient (Wildman–Crippen LogP) is 0.0657.